The van der Waals surface area contributed by atoms with Crippen LogP contribution >= 0.6 is 22.6 Å². The lowest BCUT2D eigenvalue weighted by molar-refractivity contribution is 0.139. The first kappa shape index (κ1) is 13.0. The molecule has 2 N–H and O–H groups in total. The zero-order valence-corrected chi connectivity index (χ0v) is 12.3. The fourth-order valence-corrected chi connectivity index (χ4v) is 2.90. The van der Waals surface area contributed by atoms with Crippen LogP contribution < -0.4 is 10.6 Å². The summed E-state index contributed by atoms with van der Waals surface area (Å²) >= 11 is 2.29. The Morgan fingerprint density at radius 2 is 2.12 bits per heavy atom. The van der Waals surface area contributed by atoms with Crippen LogP contribution in [0, 0.1) is 9.49 Å². The van der Waals surface area contributed by atoms with Gasteiger partial charge in [0.2, 0.25) is 0 Å². The summed E-state index contributed by atoms with van der Waals surface area (Å²) in [5, 5.41) is 0. The van der Waals surface area contributed by atoms with Crippen LogP contribution in [0.1, 0.15) is 12.8 Å². The predicted octanol–water partition coefficient (Wildman–Crippen LogP) is 2.74. The monoisotopic (exact) mass is 346 g/mol. The highest BCUT2D eigenvalue weighted by molar-refractivity contribution is 14.1. The zero-order valence-electron chi connectivity index (χ0n) is 10.2. The summed E-state index contributed by atoms with van der Waals surface area (Å²) in [6.45, 7) is 3.05. The first-order valence-electron chi connectivity index (χ1n) is 5.99. The molecule has 0 atom stereocenters. The first-order chi connectivity index (χ1) is 8.20. The van der Waals surface area contributed by atoms with Crippen molar-refractivity contribution in [2.24, 2.45) is 5.92 Å². The number of halogens is 1. The summed E-state index contributed by atoms with van der Waals surface area (Å²) < 4.78 is 6.41. The maximum absolute atomic E-state index is 6.07. The quantitative estimate of drug-likeness (QED) is 0.676. The maximum atomic E-state index is 6.07. The normalized spacial score (nSPS) is 17.4. The Morgan fingerprint density at radius 3 is 2.71 bits per heavy atom. The molecule has 17 heavy (non-hydrogen) atoms. The van der Waals surface area contributed by atoms with Crippen molar-refractivity contribution in [2.75, 3.05) is 37.4 Å². The second kappa shape index (κ2) is 5.91. The molecule has 1 aliphatic heterocycles. The minimum absolute atomic E-state index is 0.710. The molecule has 0 amide bonds. The third-order valence-corrected chi connectivity index (χ3v) is 4.02. The predicted molar refractivity (Wildman–Crippen MR) is 80.4 cm³/mol. The van der Waals surface area contributed by atoms with Crippen molar-refractivity contribution in [3.05, 3.63) is 21.8 Å². The zero-order chi connectivity index (χ0) is 12.3. The van der Waals surface area contributed by atoms with Gasteiger partial charge < -0.3 is 15.4 Å². The van der Waals surface area contributed by atoms with E-state index < -0.39 is 0 Å². The number of nitrogens with two attached hydrogens (primary N) is 1. The minimum atomic E-state index is 0.710. The molecule has 0 unspecified atom stereocenters. The first-order valence-corrected chi connectivity index (χ1v) is 7.07. The van der Waals surface area contributed by atoms with Crippen molar-refractivity contribution >= 4 is 34.0 Å². The van der Waals surface area contributed by atoms with Crippen molar-refractivity contribution < 1.29 is 4.74 Å². The van der Waals surface area contributed by atoms with Crippen molar-refractivity contribution in [1.82, 2.24) is 0 Å². The van der Waals surface area contributed by atoms with Gasteiger partial charge in [-0.2, -0.15) is 0 Å². The van der Waals surface area contributed by atoms with Gasteiger partial charge in [-0.1, -0.05) is 0 Å². The van der Waals surface area contributed by atoms with E-state index in [-0.39, 0.29) is 0 Å². The molecule has 1 aromatic rings. The third-order valence-electron chi connectivity index (χ3n) is 3.35. The second-order valence-electron chi connectivity index (χ2n) is 4.59. The Kier molecular flexibility index (Phi) is 4.50. The van der Waals surface area contributed by atoms with Crippen LogP contribution in [0.25, 0.3) is 0 Å². The van der Waals surface area contributed by atoms with E-state index in [2.05, 4.69) is 39.6 Å². The van der Waals surface area contributed by atoms with Gasteiger partial charge in [-0.3, -0.25) is 0 Å². The lowest BCUT2D eigenvalue weighted by Crippen LogP contribution is -2.35. The second-order valence-corrected chi connectivity index (χ2v) is 5.83. The Morgan fingerprint density at radius 1 is 1.41 bits per heavy atom. The molecule has 1 aromatic carbocycles. The molecule has 3 nitrogen and oxygen atoms in total. The van der Waals surface area contributed by atoms with Crippen LogP contribution in [-0.2, 0) is 4.74 Å². The van der Waals surface area contributed by atoms with E-state index in [0.29, 0.717) is 5.92 Å². The van der Waals surface area contributed by atoms with E-state index >= 15 is 0 Å². The standard InChI is InChI=1S/C13H19IN2O/c1-17-9-10-4-6-16(7-5-10)13-3-2-11(14)8-12(13)15/h2-3,8,10H,4-7,9,15H2,1H3. The number of nitrogen functional groups attached to an aromatic ring is 1. The molecule has 1 aliphatic rings. The molecule has 1 fully saturated rings. The van der Waals surface area contributed by atoms with Crippen LogP contribution in [0.5, 0.6) is 0 Å². The van der Waals surface area contributed by atoms with Crippen LogP contribution in [0.4, 0.5) is 11.4 Å². The Labute approximate surface area is 116 Å². The molecule has 0 aliphatic carbocycles. The number of methoxy groups -OCH3 is 1. The SMILES string of the molecule is COCC1CCN(c2ccc(I)cc2N)CC1. The maximum Gasteiger partial charge on any atom is 0.0600 e. The molecule has 4 heteroatoms. The van der Waals surface area contributed by atoms with E-state index in [4.69, 9.17) is 10.5 Å². The number of hydrogen-bond acceptors (Lipinski definition) is 3. The lowest BCUT2D eigenvalue weighted by Gasteiger charge is -2.34. The fourth-order valence-electron chi connectivity index (χ4n) is 2.39. The number of rotatable bonds is 3. The van der Waals surface area contributed by atoms with Gasteiger partial charge in [-0.05, 0) is 59.5 Å². The molecule has 0 saturated carbocycles. The highest BCUT2D eigenvalue weighted by Gasteiger charge is 2.20. The molecule has 2 rings (SSSR count). The third kappa shape index (κ3) is 3.25. The summed E-state index contributed by atoms with van der Waals surface area (Å²) in [6, 6.07) is 6.29. The van der Waals surface area contributed by atoms with E-state index in [9.17, 15) is 0 Å². The van der Waals surface area contributed by atoms with Gasteiger partial charge in [0.15, 0.2) is 0 Å². The van der Waals surface area contributed by atoms with Gasteiger partial charge in [0.05, 0.1) is 11.4 Å². The summed E-state index contributed by atoms with van der Waals surface area (Å²) in [5.74, 6) is 0.710. The van der Waals surface area contributed by atoms with Crippen molar-refractivity contribution in [2.45, 2.75) is 12.8 Å². The topological polar surface area (TPSA) is 38.5 Å². The summed E-state index contributed by atoms with van der Waals surface area (Å²) in [4.78, 5) is 2.39. The van der Waals surface area contributed by atoms with E-state index in [0.717, 1.165) is 25.4 Å². The molecular formula is C13H19IN2O. The summed E-state index contributed by atoms with van der Waals surface area (Å²) in [6.07, 6.45) is 2.39. The summed E-state index contributed by atoms with van der Waals surface area (Å²) in [7, 11) is 1.78. The molecule has 0 bridgehead atoms. The van der Waals surface area contributed by atoms with Gasteiger partial charge in [-0.25, -0.2) is 0 Å². The number of hydrogen-bond donors (Lipinski definition) is 1. The molecule has 0 spiro atoms. The molecule has 1 saturated heterocycles. The highest BCUT2D eigenvalue weighted by Crippen LogP contribution is 2.29. The van der Waals surface area contributed by atoms with Crippen molar-refractivity contribution in [3.63, 3.8) is 0 Å². The van der Waals surface area contributed by atoms with Crippen LogP contribution in [0.3, 0.4) is 0 Å². The van der Waals surface area contributed by atoms with Crippen molar-refractivity contribution in [3.8, 4) is 0 Å². The number of benzene rings is 1. The highest BCUT2D eigenvalue weighted by atomic mass is 127. The fraction of sp³-hybridized carbons (Fsp3) is 0.538. The molecule has 94 valence electrons. The molecular weight excluding hydrogens is 327 g/mol. The molecule has 0 radical (unpaired) electrons. The van der Waals surface area contributed by atoms with Gasteiger partial charge in [0.1, 0.15) is 0 Å². The smallest absolute Gasteiger partial charge is 0.0600 e. The minimum Gasteiger partial charge on any atom is -0.397 e. The number of nitrogens with zero attached hydrogens (tertiary/aromatic N) is 1. The largest absolute Gasteiger partial charge is 0.397 e. The van der Waals surface area contributed by atoms with Gasteiger partial charge in [0.25, 0.3) is 0 Å². The van der Waals surface area contributed by atoms with Crippen LogP contribution in [0.2, 0.25) is 0 Å². The van der Waals surface area contributed by atoms with Gasteiger partial charge >= 0.3 is 0 Å². The van der Waals surface area contributed by atoms with Gasteiger partial charge in [-0.15, -0.1) is 0 Å². The van der Waals surface area contributed by atoms with Crippen LogP contribution in [-0.4, -0.2) is 26.8 Å². The number of ether oxygens (including phenoxy) is 1. The van der Waals surface area contributed by atoms with E-state index in [1.165, 1.54) is 22.1 Å². The number of piperidine rings is 1. The van der Waals surface area contributed by atoms with Crippen molar-refractivity contribution in [1.29, 1.82) is 0 Å². The average Bonchev–Trinajstić information content (AvgIpc) is 2.31. The molecule has 0 aromatic heterocycles. The molecule has 1 heterocycles. The lowest BCUT2D eigenvalue weighted by atomic mass is 9.97. The Hall–Kier alpha value is -0.490. The summed E-state index contributed by atoms with van der Waals surface area (Å²) in [5.41, 5.74) is 8.15. The van der Waals surface area contributed by atoms with E-state index in [1.807, 2.05) is 6.07 Å². The van der Waals surface area contributed by atoms with Gasteiger partial charge in [0, 0.05) is 30.4 Å². The Balaban J connectivity index is 2.00. The number of anilines is 2. The Bertz CT molecular complexity index is 376. The van der Waals surface area contributed by atoms with Crippen LogP contribution in [0.15, 0.2) is 18.2 Å². The average molecular weight is 346 g/mol. The van der Waals surface area contributed by atoms with E-state index in [1.54, 1.807) is 7.11 Å².